The van der Waals surface area contributed by atoms with E-state index in [9.17, 15) is 14.4 Å². The summed E-state index contributed by atoms with van der Waals surface area (Å²) in [6.07, 6.45) is 4.60. The van der Waals surface area contributed by atoms with Crippen LogP contribution in [-0.2, 0) is 22.6 Å². The van der Waals surface area contributed by atoms with Crippen LogP contribution in [0.2, 0.25) is 0 Å². The van der Waals surface area contributed by atoms with Gasteiger partial charge in [0.25, 0.3) is 5.56 Å². The van der Waals surface area contributed by atoms with E-state index in [2.05, 4.69) is 9.97 Å². The Bertz CT molecular complexity index is 932. The molecule has 8 heteroatoms. The minimum absolute atomic E-state index is 0.0596. The summed E-state index contributed by atoms with van der Waals surface area (Å²) in [6.45, 7) is 4.86. The molecule has 1 N–H and O–H groups in total. The number of carbonyl (C=O) groups is 1. The van der Waals surface area contributed by atoms with Crippen LogP contribution in [0.3, 0.4) is 0 Å². The maximum Gasteiger partial charge on any atom is 0.332 e. The topological polar surface area (TPSA) is 99.0 Å². The van der Waals surface area contributed by atoms with Gasteiger partial charge in [-0.3, -0.25) is 18.7 Å². The predicted molar refractivity (Wildman–Crippen MR) is 102 cm³/mol. The standard InChI is InChI=1S/C19H28N4O4/c1-4-10-22-16-14(17(24)23(11-5-2)19(22)26)20-15(21-16)12-6-8-13(9-7-12)18(25)27-3/h12-13H,4-11H2,1-3H3,(H,20,21). The van der Waals surface area contributed by atoms with Gasteiger partial charge in [0.1, 0.15) is 11.3 Å². The Balaban J connectivity index is 1.99. The first-order valence-corrected chi connectivity index (χ1v) is 9.82. The van der Waals surface area contributed by atoms with Crippen LogP contribution in [0.1, 0.15) is 64.1 Å². The molecule has 0 amide bonds. The number of imidazole rings is 1. The van der Waals surface area contributed by atoms with E-state index in [1.54, 1.807) is 4.57 Å². The number of methoxy groups -OCH3 is 1. The van der Waals surface area contributed by atoms with Gasteiger partial charge in [-0.05, 0) is 38.5 Å². The van der Waals surface area contributed by atoms with Crippen molar-refractivity contribution in [3.05, 3.63) is 26.7 Å². The highest BCUT2D eigenvalue weighted by atomic mass is 16.5. The van der Waals surface area contributed by atoms with E-state index < -0.39 is 0 Å². The molecule has 3 rings (SSSR count). The number of hydrogen-bond acceptors (Lipinski definition) is 5. The van der Waals surface area contributed by atoms with Gasteiger partial charge in [-0.2, -0.15) is 0 Å². The summed E-state index contributed by atoms with van der Waals surface area (Å²) in [5, 5.41) is 0. The lowest BCUT2D eigenvalue weighted by molar-refractivity contribution is -0.146. The fourth-order valence-electron chi connectivity index (χ4n) is 3.99. The van der Waals surface area contributed by atoms with Crippen molar-refractivity contribution in [2.24, 2.45) is 5.92 Å². The number of esters is 1. The molecule has 8 nitrogen and oxygen atoms in total. The highest BCUT2D eigenvalue weighted by molar-refractivity contribution is 5.72. The van der Waals surface area contributed by atoms with Gasteiger partial charge in [0.15, 0.2) is 5.65 Å². The molecular weight excluding hydrogens is 348 g/mol. The van der Waals surface area contributed by atoms with E-state index in [0.29, 0.717) is 30.7 Å². The number of rotatable bonds is 6. The van der Waals surface area contributed by atoms with Gasteiger partial charge in [0.05, 0.1) is 13.0 Å². The predicted octanol–water partition coefficient (Wildman–Crippen LogP) is 2.15. The quantitative estimate of drug-likeness (QED) is 0.779. The molecule has 0 spiro atoms. The normalized spacial score (nSPS) is 20.1. The molecular formula is C19H28N4O4. The second kappa shape index (κ2) is 8.10. The number of fused-ring (bicyclic) bond motifs is 1. The molecule has 1 saturated carbocycles. The van der Waals surface area contributed by atoms with Gasteiger partial charge in [-0.1, -0.05) is 13.8 Å². The van der Waals surface area contributed by atoms with E-state index >= 15 is 0 Å². The lowest BCUT2D eigenvalue weighted by atomic mass is 9.82. The second-order valence-electron chi connectivity index (χ2n) is 7.28. The third kappa shape index (κ3) is 3.57. The van der Waals surface area contributed by atoms with Crippen LogP contribution in [0.5, 0.6) is 0 Å². The lowest BCUT2D eigenvalue weighted by Gasteiger charge is -2.25. The zero-order valence-corrected chi connectivity index (χ0v) is 16.3. The summed E-state index contributed by atoms with van der Waals surface area (Å²) in [4.78, 5) is 45.1. The molecule has 1 aliphatic rings. The van der Waals surface area contributed by atoms with E-state index in [4.69, 9.17) is 4.74 Å². The average molecular weight is 376 g/mol. The van der Waals surface area contributed by atoms with Crippen molar-refractivity contribution in [1.29, 1.82) is 0 Å². The molecule has 0 radical (unpaired) electrons. The molecule has 27 heavy (non-hydrogen) atoms. The van der Waals surface area contributed by atoms with E-state index in [-0.39, 0.29) is 29.1 Å². The zero-order valence-electron chi connectivity index (χ0n) is 16.3. The van der Waals surface area contributed by atoms with Crippen LogP contribution in [-0.4, -0.2) is 32.2 Å². The minimum atomic E-state index is -0.300. The summed E-state index contributed by atoms with van der Waals surface area (Å²) in [5.41, 5.74) is 0.265. The molecule has 0 aliphatic heterocycles. The summed E-state index contributed by atoms with van der Waals surface area (Å²) in [6, 6.07) is 0. The number of aromatic nitrogens is 4. The van der Waals surface area contributed by atoms with Crippen molar-refractivity contribution >= 4 is 17.1 Å². The number of aromatic amines is 1. The highest BCUT2D eigenvalue weighted by Gasteiger charge is 2.30. The fraction of sp³-hybridized carbons (Fsp3) is 0.684. The Morgan fingerprint density at radius 2 is 1.74 bits per heavy atom. The van der Waals surface area contributed by atoms with Gasteiger partial charge >= 0.3 is 11.7 Å². The van der Waals surface area contributed by atoms with E-state index in [1.807, 2.05) is 13.8 Å². The molecule has 2 aromatic rings. The number of hydrogen-bond donors (Lipinski definition) is 1. The monoisotopic (exact) mass is 376 g/mol. The van der Waals surface area contributed by atoms with Gasteiger partial charge < -0.3 is 9.72 Å². The number of aryl methyl sites for hydroxylation is 1. The first-order chi connectivity index (χ1) is 13.0. The van der Waals surface area contributed by atoms with Crippen molar-refractivity contribution in [3.63, 3.8) is 0 Å². The van der Waals surface area contributed by atoms with Crippen LogP contribution in [0.15, 0.2) is 9.59 Å². The third-order valence-corrected chi connectivity index (χ3v) is 5.42. The molecule has 148 valence electrons. The Labute approximate surface area is 157 Å². The third-order valence-electron chi connectivity index (χ3n) is 5.42. The van der Waals surface area contributed by atoms with Gasteiger partial charge in [0.2, 0.25) is 0 Å². The molecule has 0 saturated heterocycles. The van der Waals surface area contributed by atoms with Crippen LogP contribution >= 0.6 is 0 Å². The molecule has 2 heterocycles. The SMILES string of the molecule is CCCn1c(=O)c2[nH]c(C3CCC(C(=O)OC)CC3)nc2n(CCC)c1=O. The first-order valence-electron chi connectivity index (χ1n) is 9.82. The lowest BCUT2D eigenvalue weighted by Crippen LogP contribution is -2.40. The molecule has 0 aromatic carbocycles. The molecule has 0 unspecified atom stereocenters. The molecule has 0 bridgehead atoms. The van der Waals surface area contributed by atoms with Crippen LogP contribution in [0.25, 0.3) is 11.2 Å². The molecule has 1 fully saturated rings. The molecule has 2 aromatic heterocycles. The van der Waals surface area contributed by atoms with Crippen molar-refractivity contribution in [1.82, 2.24) is 19.1 Å². The van der Waals surface area contributed by atoms with Crippen molar-refractivity contribution < 1.29 is 9.53 Å². The van der Waals surface area contributed by atoms with Gasteiger partial charge in [-0.25, -0.2) is 9.78 Å². The Morgan fingerprint density at radius 1 is 1.11 bits per heavy atom. The second-order valence-corrected chi connectivity index (χ2v) is 7.28. The summed E-state index contributed by atoms with van der Waals surface area (Å²) in [7, 11) is 1.42. The maximum absolute atomic E-state index is 12.8. The number of H-pyrrole nitrogens is 1. The highest BCUT2D eigenvalue weighted by Crippen LogP contribution is 2.35. The Hall–Kier alpha value is -2.38. The Kier molecular flexibility index (Phi) is 5.82. The van der Waals surface area contributed by atoms with Crippen molar-refractivity contribution in [2.75, 3.05) is 7.11 Å². The Morgan fingerprint density at radius 3 is 2.33 bits per heavy atom. The first kappa shape index (κ1) is 19.4. The number of ether oxygens (including phenoxy) is 1. The van der Waals surface area contributed by atoms with Crippen LogP contribution in [0.4, 0.5) is 0 Å². The number of nitrogens with one attached hydrogen (secondary N) is 1. The number of nitrogens with zero attached hydrogens (tertiary/aromatic N) is 3. The van der Waals surface area contributed by atoms with Crippen LogP contribution < -0.4 is 11.2 Å². The molecule has 1 aliphatic carbocycles. The minimum Gasteiger partial charge on any atom is -0.469 e. The maximum atomic E-state index is 12.8. The summed E-state index contributed by atoms with van der Waals surface area (Å²) < 4.78 is 7.75. The van der Waals surface area contributed by atoms with Crippen molar-refractivity contribution in [3.8, 4) is 0 Å². The van der Waals surface area contributed by atoms with Gasteiger partial charge in [0, 0.05) is 19.0 Å². The van der Waals surface area contributed by atoms with E-state index in [0.717, 1.165) is 37.9 Å². The molecule has 0 atom stereocenters. The van der Waals surface area contributed by atoms with Gasteiger partial charge in [-0.15, -0.1) is 0 Å². The average Bonchev–Trinajstić information content (AvgIpc) is 3.13. The smallest absolute Gasteiger partial charge is 0.332 e. The van der Waals surface area contributed by atoms with Crippen molar-refractivity contribution in [2.45, 2.75) is 71.4 Å². The largest absolute Gasteiger partial charge is 0.469 e. The van der Waals surface area contributed by atoms with E-state index in [1.165, 1.54) is 11.7 Å². The van der Waals surface area contributed by atoms with Crippen LogP contribution in [0, 0.1) is 5.92 Å². The summed E-state index contributed by atoms with van der Waals surface area (Å²) >= 11 is 0. The fourth-order valence-corrected chi connectivity index (χ4v) is 3.99. The number of carbonyl (C=O) groups excluding carboxylic acids is 1. The zero-order chi connectivity index (χ0) is 19.6. The summed E-state index contributed by atoms with van der Waals surface area (Å²) in [5.74, 6) is 0.680.